The maximum atomic E-state index is 11.9. The van der Waals surface area contributed by atoms with Gasteiger partial charge in [-0.15, -0.1) is 11.3 Å². The van der Waals surface area contributed by atoms with Gasteiger partial charge in [-0.25, -0.2) is 8.42 Å². The topological polar surface area (TPSA) is 60.4 Å². The Morgan fingerprint density at radius 3 is 2.62 bits per heavy atom. The molecule has 3 atom stereocenters. The molecule has 118 valence electrons. The number of halogens is 1. The Morgan fingerprint density at radius 1 is 1.33 bits per heavy atom. The molecule has 4 nitrogen and oxygen atoms in total. The van der Waals surface area contributed by atoms with Crippen LogP contribution in [0, 0.1) is 11.8 Å². The lowest BCUT2D eigenvalue weighted by Crippen LogP contribution is -2.29. The normalized spacial score (nSPS) is 26.5. The van der Waals surface area contributed by atoms with Crippen molar-refractivity contribution in [2.75, 3.05) is 0 Å². The van der Waals surface area contributed by atoms with Crippen LogP contribution in [0.3, 0.4) is 0 Å². The van der Waals surface area contributed by atoms with Crippen LogP contribution in [0.25, 0.3) is 0 Å². The summed E-state index contributed by atoms with van der Waals surface area (Å²) in [5, 5.41) is 0. The van der Waals surface area contributed by atoms with Gasteiger partial charge in [-0.3, -0.25) is 4.79 Å². The number of carbonyl (C=O) groups excluding carboxylic acids is 1. The Morgan fingerprint density at radius 2 is 2.05 bits per heavy atom. The van der Waals surface area contributed by atoms with Crippen molar-refractivity contribution >= 4 is 37.0 Å². The van der Waals surface area contributed by atoms with Gasteiger partial charge in [0.25, 0.3) is 9.05 Å². The molecule has 1 aliphatic rings. The summed E-state index contributed by atoms with van der Waals surface area (Å²) in [6.45, 7) is 4.41. The van der Waals surface area contributed by atoms with E-state index in [1.54, 1.807) is 6.07 Å². The Bertz CT molecular complexity index is 608. The van der Waals surface area contributed by atoms with Crippen LogP contribution >= 0.6 is 22.0 Å². The van der Waals surface area contributed by atoms with Gasteiger partial charge in [0.1, 0.15) is 10.3 Å². The van der Waals surface area contributed by atoms with Crippen LogP contribution in [0.2, 0.25) is 0 Å². The molecule has 0 bridgehead atoms. The molecule has 1 aromatic rings. The Labute approximate surface area is 133 Å². The van der Waals surface area contributed by atoms with Gasteiger partial charge in [-0.05, 0) is 43.2 Å². The molecule has 0 aliphatic heterocycles. The van der Waals surface area contributed by atoms with E-state index in [4.69, 9.17) is 15.4 Å². The lowest BCUT2D eigenvalue weighted by atomic mass is 9.80. The van der Waals surface area contributed by atoms with E-state index in [0.717, 1.165) is 30.6 Å². The highest BCUT2D eigenvalue weighted by atomic mass is 35.7. The molecule has 0 radical (unpaired) electrons. The van der Waals surface area contributed by atoms with Crippen LogP contribution in [0.1, 0.15) is 38.0 Å². The number of thiophene rings is 1. The van der Waals surface area contributed by atoms with Gasteiger partial charge >= 0.3 is 5.97 Å². The van der Waals surface area contributed by atoms with E-state index in [-0.39, 0.29) is 22.7 Å². The minimum Gasteiger partial charge on any atom is -0.462 e. The lowest BCUT2D eigenvalue weighted by molar-refractivity contribution is -0.150. The number of rotatable bonds is 4. The average Bonchev–Trinajstić information content (AvgIpc) is 2.82. The fourth-order valence-corrected chi connectivity index (χ4v) is 4.67. The van der Waals surface area contributed by atoms with E-state index in [9.17, 15) is 13.2 Å². The van der Waals surface area contributed by atoms with E-state index in [1.165, 1.54) is 6.07 Å². The number of hydrogen-bond acceptors (Lipinski definition) is 5. The first-order chi connectivity index (χ1) is 9.75. The van der Waals surface area contributed by atoms with Crippen molar-refractivity contribution in [3.63, 3.8) is 0 Å². The Kier molecular flexibility index (Phi) is 5.33. The quantitative estimate of drug-likeness (QED) is 0.615. The molecule has 1 aromatic heterocycles. The monoisotopic (exact) mass is 350 g/mol. The van der Waals surface area contributed by atoms with Gasteiger partial charge in [0.2, 0.25) is 0 Å². The van der Waals surface area contributed by atoms with E-state index in [1.807, 2.05) is 0 Å². The van der Waals surface area contributed by atoms with Gasteiger partial charge in [0, 0.05) is 15.6 Å². The van der Waals surface area contributed by atoms with Crippen molar-refractivity contribution in [1.29, 1.82) is 0 Å². The van der Waals surface area contributed by atoms with Gasteiger partial charge in [0.05, 0.1) is 6.42 Å². The van der Waals surface area contributed by atoms with Crippen molar-refractivity contribution in [3.8, 4) is 0 Å². The summed E-state index contributed by atoms with van der Waals surface area (Å²) in [4.78, 5) is 12.6. The fraction of sp³-hybridized carbons (Fsp3) is 0.643. The zero-order valence-corrected chi connectivity index (χ0v) is 14.4. The smallest absolute Gasteiger partial charge is 0.311 e. The predicted octanol–water partition coefficient (Wildman–Crippen LogP) is 3.59. The van der Waals surface area contributed by atoms with Crippen LogP contribution in [-0.2, 0) is 25.0 Å². The van der Waals surface area contributed by atoms with E-state index >= 15 is 0 Å². The van der Waals surface area contributed by atoms with Crippen LogP contribution in [0.5, 0.6) is 0 Å². The molecule has 2 rings (SSSR count). The molecule has 3 unspecified atom stereocenters. The molecule has 1 aliphatic carbocycles. The summed E-state index contributed by atoms with van der Waals surface area (Å²) in [5.41, 5.74) is 0. The Balaban J connectivity index is 1.89. The molecule has 1 saturated carbocycles. The SMILES string of the molecule is CC1CCC(OC(=O)Cc2ccc(S(=O)(=O)Cl)s2)CC1C. The summed E-state index contributed by atoms with van der Waals surface area (Å²) in [5.74, 6) is 0.933. The molecule has 0 amide bonds. The van der Waals surface area contributed by atoms with Gasteiger partial charge < -0.3 is 4.74 Å². The minimum atomic E-state index is -3.72. The molecule has 0 aromatic carbocycles. The maximum absolute atomic E-state index is 11.9. The molecule has 0 spiro atoms. The van der Waals surface area contributed by atoms with E-state index in [2.05, 4.69) is 13.8 Å². The zero-order chi connectivity index (χ0) is 15.6. The highest BCUT2D eigenvalue weighted by Gasteiger charge is 2.27. The van der Waals surface area contributed by atoms with E-state index in [0.29, 0.717) is 16.7 Å². The first-order valence-corrected chi connectivity index (χ1v) is 10.1. The largest absolute Gasteiger partial charge is 0.462 e. The van der Waals surface area contributed by atoms with Gasteiger partial charge in [0.15, 0.2) is 0 Å². The molecule has 0 N–H and O–H groups in total. The second-order valence-corrected chi connectivity index (χ2v) is 9.68. The van der Waals surface area contributed by atoms with Crippen molar-refractivity contribution < 1.29 is 17.9 Å². The molecule has 1 heterocycles. The van der Waals surface area contributed by atoms with E-state index < -0.39 is 9.05 Å². The third kappa shape index (κ3) is 4.69. The zero-order valence-electron chi connectivity index (χ0n) is 12.0. The lowest BCUT2D eigenvalue weighted by Gasteiger charge is -2.31. The summed E-state index contributed by atoms with van der Waals surface area (Å²) in [6, 6.07) is 3.02. The third-order valence-corrected chi connectivity index (χ3v) is 7.22. The predicted molar refractivity (Wildman–Crippen MR) is 83.1 cm³/mol. The first kappa shape index (κ1) is 16.8. The molecule has 7 heteroatoms. The first-order valence-electron chi connectivity index (χ1n) is 6.98. The number of esters is 1. The molecular formula is C14H19ClO4S2. The number of carbonyl (C=O) groups is 1. The van der Waals surface area contributed by atoms with Crippen LogP contribution in [0.15, 0.2) is 16.3 Å². The minimum absolute atomic E-state index is 0.0140. The average molecular weight is 351 g/mol. The number of ether oxygens (including phenoxy) is 1. The van der Waals surface area contributed by atoms with Crippen LogP contribution in [-0.4, -0.2) is 20.5 Å². The van der Waals surface area contributed by atoms with Gasteiger partial charge in [-0.2, -0.15) is 0 Å². The third-order valence-electron chi connectivity index (χ3n) is 4.04. The van der Waals surface area contributed by atoms with Crippen molar-refractivity contribution in [2.45, 2.75) is 49.8 Å². The van der Waals surface area contributed by atoms with Crippen LogP contribution in [0.4, 0.5) is 0 Å². The summed E-state index contributed by atoms with van der Waals surface area (Å²) in [6.07, 6.45) is 2.96. The van der Waals surface area contributed by atoms with Crippen LogP contribution < -0.4 is 0 Å². The fourth-order valence-electron chi connectivity index (χ4n) is 2.56. The molecular weight excluding hydrogens is 332 g/mol. The summed E-state index contributed by atoms with van der Waals surface area (Å²) in [7, 11) is 1.54. The molecule has 0 saturated heterocycles. The summed E-state index contributed by atoms with van der Waals surface area (Å²) >= 11 is 1.01. The van der Waals surface area contributed by atoms with Crippen molar-refractivity contribution in [3.05, 3.63) is 17.0 Å². The summed E-state index contributed by atoms with van der Waals surface area (Å²) < 4.78 is 27.9. The van der Waals surface area contributed by atoms with Crippen molar-refractivity contribution in [1.82, 2.24) is 0 Å². The van der Waals surface area contributed by atoms with Crippen molar-refractivity contribution in [2.24, 2.45) is 11.8 Å². The standard InChI is InChI=1S/C14H19ClO4S2/c1-9-3-4-11(7-10(9)2)19-13(16)8-12-5-6-14(20-12)21(15,17)18/h5-6,9-11H,3-4,7-8H2,1-2H3. The highest BCUT2D eigenvalue weighted by Crippen LogP contribution is 2.31. The molecule has 21 heavy (non-hydrogen) atoms. The maximum Gasteiger partial charge on any atom is 0.311 e. The molecule has 1 fully saturated rings. The second-order valence-electron chi connectivity index (χ2n) is 5.71. The second kappa shape index (κ2) is 6.67. The number of hydrogen-bond donors (Lipinski definition) is 0. The Hall–Kier alpha value is -0.590. The highest BCUT2D eigenvalue weighted by molar-refractivity contribution is 8.15. The van der Waals surface area contributed by atoms with Gasteiger partial charge in [-0.1, -0.05) is 13.8 Å².